The minimum absolute atomic E-state index is 0.0183. The molecule has 0 spiro atoms. The third-order valence-corrected chi connectivity index (χ3v) is 2.30. The number of hydrogen-bond acceptors (Lipinski definition) is 5. The average Bonchev–Trinajstić information content (AvgIpc) is 2.38. The molecule has 0 aliphatic heterocycles. The van der Waals surface area contributed by atoms with Crippen LogP contribution in [0.25, 0.3) is 0 Å². The zero-order chi connectivity index (χ0) is 14.1. The number of allylic oxidation sites excluding steroid dienone is 2. The van der Waals surface area contributed by atoms with Crippen molar-refractivity contribution >= 4 is 11.9 Å². The van der Waals surface area contributed by atoms with Gasteiger partial charge in [-0.25, -0.2) is 0 Å². The van der Waals surface area contributed by atoms with Gasteiger partial charge in [0.2, 0.25) is 0 Å². The summed E-state index contributed by atoms with van der Waals surface area (Å²) in [6, 6.07) is 9.72. The Bertz CT molecular complexity index is 569. The van der Waals surface area contributed by atoms with Crippen LogP contribution in [0.5, 0.6) is 0 Å². The zero-order valence-electron chi connectivity index (χ0n) is 9.96. The monoisotopic (exact) mass is 431 g/mol. The van der Waals surface area contributed by atoms with E-state index in [1.807, 2.05) is 48.6 Å². The Labute approximate surface area is 116 Å². The second kappa shape index (κ2) is 8.51. The summed E-state index contributed by atoms with van der Waals surface area (Å²) in [4.78, 5) is 4.31. The molecule has 6 heteroatoms. The van der Waals surface area contributed by atoms with Gasteiger partial charge < -0.3 is 5.11 Å². The second-order valence-electron chi connectivity index (χ2n) is 3.66. The SMILES string of the molecule is OC1C=CC=CC1C=Nc1ccccc1.[O]=[W](=[O])=[O]. The summed E-state index contributed by atoms with van der Waals surface area (Å²) in [5, 5.41) is 9.62. The van der Waals surface area contributed by atoms with Gasteiger partial charge in [-0.1, -0.05) is 42.5 Å². The average molecular weight is 431 g/mol. The second-order valence-corrected chi connectivity index (χ2v) is 5.12. The normalized spacial score (nSPS) is 20.9. The Morgan fingerprint density at radius 1 is 1.05 bits per heavy atom. The Morgan fingerprint density at radius 3 is 2.21 bits per heavy atom. The van der Waals surface area contributed by atoms with Gasteiger partial charge in [0.15, 0.2) is 0 Å². The van der Waals surface area contributed by atoms with Gasteiger partial charge in [0.1, 0.15) is 0 Å². The van der Waals surface area contributed by atoms with Crippen LogP contribution in [0.3, 0.4) is 0 Å². The van der Waals surface area contributed by atoms with Crippen LogP contribution in [-0.4, -0.2) is 17.4 Å². The van der Waals surface area contributed by atoms with Crippen LogP contribution in [0, 0.1) is 5.92 Å². The van der Waals surface area contributed by atoms with Crippen molar-refractivity contribution in [2.45, 2.75) is 6.10 Å². The first-order valence-corrected chi connectivity index (χ1v) is 9.08. The van der Waals surface area contributed by atoms with Crippen LogP contribution >= 0.6 is 0 Å². The van der Waals surface area contributed by atoms with E-state index < -0.39 is 23.3 Å². The van der Waals surface area contributed by atoms with E-state index >= 15 is 0 Å². The van der Waals surface area contributed by atoms with E-state index in [4.69, 9.17) is 10.2 Å². The summed E-state index contributed by atoms with van der Waals surface area (Å²) in [6.45, 7) is 0. The predicted octanol–water partition coefficient (Wildman–Crippen LogP) is 2.13. The topological polar surface area (TPSA) is 83.8 Å². The molecule has 100 valence electrons. The molecule has 0 fully saturated rings. The van der Waals surface area contributed by atoms with Gasteiger partial charge in [-0.3, -0.25) is 4.99 Å². The van der Waals surface area contributed by atoms with Gasteiger partial charge in [0.25, 0.3) is 0 Å². The number of hydrogen-bond donors (Lipinski definition) is 1. The first-order valence-electron chi connectivity index (χ1n) is 5.48. The van der Waals surface area contributed by atoms with E-state index in [9.17, 15) is 5.11 Å². The van der Waals surface area contributed by atoms with E-state index in [1.165, 1.54) is 0 Å². The fourth-order valence-electron chi connectivity index (χ4n) is 1.44. The van der Waals surface area contributed by atoms with Crippen LogP contribution in [0.15, 0.2) is 59.6 Å². The van der Waals surface area contributed by atoms with Crippen LogP contribution in [0.1, 0.15) is 0 Å². The molecule has 0 saturated carbocycles. The third-order valence-electron chi connectivity index (χ3n) is 2.30. The minimum atomic E-state index is -4.28. The van der Waals surface area contributed by atoms with E-state index in [2.05, 4.69) is 4.99 Å². The number of para-hydroxylation sites is 1. The Balaban J connectivity index is 0.000000399. The standard InChI is InChI=1S/C13H13NO.3O.W/c15-13-9-5-4-6-11(13)10-14-12-7-2-1-3-8-12;;;;/h1-11,13,15H;;;;. The molecule has 2 rings (SSSR count). The first kappa shape index (κ1) is 15.5. The molecule has 0 radical (unpaired) electrons. The number of rotatable bonds is 2. The van der Waals surface area contributed by atoms with Crippen molar-refractivity contribution < 1.29 is 32.5 Å². The summed E-state index contributed by atoms with van der Waals surface area (Å²) in [6.07, 6.45) is 8.80. The fourth-order valence-corrected chi connectivity index (χ4v) is 1.44. The van der Waals surface area contributed by atoms with Crippen LogP contribution in [-0.2, 0) is 27.4 Å². The summed E-state index contributed by atoms with van der Waals surface area (Å²) < 4.78 is 25.8. The molecule has 1 aliphatic rings. The molecule has 2 unspecified atom stereocenters. The molecule has 2 atom stereocenters. The van der Waals surface area contributed by atoms with Gasteiger partial charge >= 0.3 is 27.4 Å². The predicted molar refractivity (Wildman–Crippen MR) is 64.4 cm³/mol. The van der Waals surface area contributed by atoms with Gasteiger partial charge in [0, 0.05) is 12.1 Å². The molecule has 1 N–H and O–H groups in total. The molecular weight excluding hydrogens is 418 g/mol. The van der Waals surface area contributed by atoms with E-state index in [1.54, 1.807) is 12.3 Å². The summed E-state index contributed by atoms with van der Waals surface area (Å²) in [5.74, 6) is -0.0183. The van der Waals surface area contributed by atoms with Gasteiger partial charge in [-0.05, 0) is 12.1 Å². The number of benzene rings is 1. The summed E-state index contributed by atoms with van der Waals surface area (Å²) >= 11 is -4.28. The van der Waals surface area contributed by atoms with Crippen molar-refractivity contribution in [2.24, 2.45) is 10.9 Å². The summed E-state index contributed by atoms with van der Waals surface area (Å²) in [5.41, 5.74) is 0.910. The Hall–Kier alpha value is -1.58. The quantitative estimate of drug-likeness (QED) is 0.728. The van der Waals surface area contributed by atoms with Crippen LogP contribution < -0.4 is 0 Å². The van der Waals surface area contributed by atoms with Crippen LogP contribution in [0.4, 0.5) is 5.69 Å². The maximum absolute atomic E-state index is 9.62. The molecule has 1 aliphatic carbocycles. The molecule has 0 bridgehead atoms. The van der Waals surface area contributed by atoms with Gasteiger partial charge in [0.05, 0.1) is 11.8 Å². The number of aliphatic hydroxyl groups is 1. The number of aliphatic imine (C=N–C) groups is 1. The molecule has 0 amide bonds. The Morgan fingerprint density at radius 2 is 1.63 bits per heavy atom. The first-order chi connectivity index (χ1) is 9.09. The van der Waals surface area contributed by atoms with Crippen molar-refractivity contribution in [1.82, 2.24) is 0 Å². The maximum atomic E-state index is 9.62. The van der Waals surface area contributed by atoms with E-state index in [0.717, 1.165) is 5.69 Å². The molecule has 5 nitrogen and oxygen atoms in total. The fraction of sp³-hybridized carbons (Fsp3) is 0.154. The molecule has 0 aromatic heterocycles. The number of nitrogens with zero attached hydrogens (tertiary/aromatic N) is 1. The van der Waals surface area contributed by atoms with Crippen LogP contribution in [0.2, 0.25) is 0 Å². The molecule has 1 aromatic rings. The van der Waals surface area contributed by atoms with Crippen molar-refractivity contribution in [2.75, 3.05) is 0 Å². The molecule has 0 heterocycles. The van der Waals surface area contributed by atoms with Crippen molar-refractivity contribution in [3.8, 4) is 0 Å². The molecular formula is C13H13NO4W. The van der Waals surface area contributed by atoms with Crippen molar-refractivity contribution in [1.29, 1.82) is 0 Å². The Kier molecular flexibility index (Phi) is 6.93. The summed E-state index contributed by atoms with van der Waals surface area (Å²) in [7, 11) is 0. The zero-order valence-corrected chi connectivity index (χ0v) is 12.9. The molecule has 1 aromatic carbocycles. The van der Waals surface area contributed by atoms with Gasteiger partial charge in [-0.15, -0.1) is 0 Å². The van der Waals surface area contributed by atoms with E-state index in [0.29, 0.717) is 0 Å². The van der Waals surface area contributed by atoms with E-state index in [-0.39, 0.29) is 5.92 Å². The van der Waals surface area contributed by atoms with Crippen molar-refractivity contribution in [3.63, 3.8) is 0 Å². The van der Waals surface area contributed by atoms with Crippen molar-refractivity contribution in [3.05, 3.63) is 54.6 Å². The number of aliphatic hydroxyl groups excluding tert-OH is 1. The molecule has 19 heavy (non-hydrogen) atoms. The van der Waals surface area contributed by atoms with Gasteiger partial charge in [-0.2, -0.15) is 0 Å². The molecule has 0 saturated heterocycles. The third kappa shape index (κ3) is 6.79.